The highest BCUT2D eigenvalue weighted by Gasteiger charge is 1.81. The van der Waals surface area contributed by atoms with Gasteiger partial charge in [-0.15, -0.1) is 0 Å². The number of aliphatic hydroxyl groups excluding tert-OH is 2. The molecular formula is C6H12O2. The van der Waals surface area contributed by atoms with Gasteiger partial charge in [0.25, 0.3) is 0 Å². The molecule has 2 N–H and O–H groups in total. The van der Waals surface area contributed by atoms with Crippen LogP contribution >= 0.6 is 0 Å². The van der Waals surface area contributed by atoms with Crippen LogP contribution < -0.4 is 0 Å². The molecule has 2 nitrogen and oxygen atoms in total. The van der Waals surface area contributed by atoms with Gasteiger partial charge in [-0.2, -0.15) is 0 Å². The van der Waals surface area contributed by atoms with Gasteiger partial charge in [0, 0.05) is 6.61 Å². The maximum atomic E-state index is 8.61. The maximum Gasteiger partial charge on any atom is 0.0692 e. The van der Waals surface area contributed by atoms with Crippen molar-refractivity contribution in [3.8, 4) is 0 Å². The fraction of sp³-hybridized carbons (Fsp3) is 0.667. The summed E-state index contributed by atoms with van der Waals surface area (Å²) in [7, 11) is 0. The van der Waals surface area contributed by atoms with Gasteiger partial charge in [0.05, 0.1) is 6.10 Å². The molecule has 0 heterocycles. The zero-order valence-corrected chi connectivity index (χ0v) is 5.04. The van der Waals surface area contributed by atoms with E-state index >= 15 is 0 Å². The molecule has 0 spiro atoms. The molecular weight excluding hydrogens is 104 g/mol. The monoisotopic (exact) mass is 116 g/mol. The summed E-state index contributed by atoms with van der Waals surface area (Å²) in [5.41, 5.74) is 0. The summed E-state index contributed by atoms with van der Waals surface area (Å²) in [5.74, 6) is 0. The molecule has 0 aromatic carbocycles. The summed E-state index contributed by atoms with van der Waals surface area (Å²) in [6.07, 6.45) is 3.65. The third-order valence-electron chi connectivity index (χ3n) is 0.710. The number of rotatable bonds is 3. The van der Waals surface area contributed by atoms with Crippen LogP contribution in [0.4, 0.5) is 0 Å². The van der Waals surface area contributed by atoms with Crippen LogP contribution in [0.15, 0.2) is 12.2 Å². The molecule has 0 bridgehead atoms. The van der Waals surface area contributed by atoms with Crippen molar-refractivity contribution in [2.45, 2.75) is 19.4 Å². The van der Waals surface area contributed by atoms with E-state index in [9.17, 15) is 0 Å². The van der Waals surface area contributed by atoms with E-state index in [1.807, 2.05) is 0 Å². The fourth-order valence-electron chi connectivity index (χ4n) is 0.368. The minimum Gasteiger partial charge on any atom is -0.396 e. The molecule has 0 saturated heterocycles. The van der Waals surface area contributed by atoms with Gasteiger partial charge in [-0.1, -0.05) is 12.2 Å². The molecule has 48 valence electrons. The van der Waals surface area contributed by atoms with Gasteiger partial charge in [0.1, 0.15) is 0 Å². The third kappa shape index (κ3) is 5.66. The summed E-state index contributed by atoms with van der Waals surface area (Å²) >= 11 is 0. The Morgan fingerprint density at radius 2 is 2.25 bits per heavy atom. The Labute approximate surface area is 49.5 Å². The summed E-state index contributed by atoms with van der Waals surface area (Å²) < 4.78 is 0. The molecule has 0 aromatic heterocycles. The summed E-state index contributed by atoms with van der Waals surface area (Å²) in [5, 5.41) is 16.9. The highest BCUT2D eigenvalue weighted by Crippen LogP contribution is 1.84. The Hall–Kier alpha value is -0.340. The van der Waals surface area contributed by atoms with E-state index in [2.05, 4.69) is 0 Å². The Morgan fingerprint density at radius 1 is 1.62 bits per heavy atom. The molecule has 0 aliphatic heterocycles. The van der Waals surface area contributed by atoms with Crippen LogP contribution in [-0.4, -0.2) is 22.9 Å². The lowest BCUT2D eigenvalue weighted by Gasteiger charge is -1.90. The van der Waals surface area contributed by atoms with E-state index in [1.54, 1.807) is 19.1 Å². The van der Waals surface area contributed by atoms with Crippen molar-refractivity contribution in [3.05, 3.63) is 12.2 Å². The smallest absolute Gasteiger partial charge is 0.0692 e. The van der Waals surface area contributed by atoms with Gasteiger partial charge < -0.3 is 10.2 Å². The van der Waals surface area contributed by atoms with Crippen LogP contribution in [0.3, 0.4) is 0 Å². The normalized spacial score (nSPS) is 14.9. The highest BCUT2D eigenvalue weighted by atomic mass is 16.3. The van der Waals surface area contributed by atoms with Crippen LogP contribution in [-0.2, 0) is 0 Å². The predicted octanol–water partition coefficient (Wildman–Crippen LogP) is 0.306. The zero-order chi connectivity index (χ0) is 6.41. The van der Waals surface area contributed by atoms with Crippen molar-refractivity contribution >= 4 is 0 Å². The topological polar surface area (TPSA) is 40.5 Å². The molecule has 0 aliphatic rings. The van der Waals surface area contributed by atoms with Crippen LogP contribution in [0, 0.1) is 0 Å². The largest absolute Gasteiger partial charge is 0.396 e. The van der Waals surface area contributed by atoms with Crippen molar-refractivity contribution in [1.29, 1.82) is 0 Å². The molecule has 0 aliphatic carbocycles. The fourth-order valence-corrected chi connectivity index (χ4v) is 0.368. The van der Waals surface area contributed by atoms with Gasteiger partial charge in [-0.3, -0.25) is 0 Å². The minimum absolute atomic E-state index is 0.156. The van der Waals surface area contributed by atoms with Crippen molar-refractivity contribution < 1.29 is 10.2 Å². The Balaban J connectivity index is 3.07. The molecule has 0 fully saturated rings. The Morgan fingerprint density at radius 3 is 2.62 bits per heavy atom. The first-order valence-corrected chi connectivity index (χ1v) is 2.73. The molecule has 2 heteroatoms. The standard InChI is InChI=1S/C6H12O2/c1-6(8)4-2-3-5-7/h2,4,6-8H,3,5H2,1H3. The molecule has 1 atom stereocenters. The van der Waals surface area contributed by atoms with Crippen molar-refractivity contribution in [2.24, 2.45) is 0 Å². The SMILES string of the molecule is CC(O)C=CCCO. The highest BCUT2D eigenvalue weighted by molar-refractivity contribution is 4.85. The van der Waals surface area contributed by atoms with Gasteiger partial charge >= 0.3 is 0 Å². The lowest BCUT2D eigenvalue weighted by Crippen LogP contribution is -1.91. The van der Waals surface area contributed by atoms with Crippen LogP contribution in [0.5, 0.6) is 0 Å². The van der Waals surface area contributed by atoms with E-state index in [0.717, 1.165) is 0 Å². The van der Waals surface area contributed by atoms with Crippen LogP contribution in [0.25, 0.3) is 0 Å². The molecule has 0 saturated carbocycles. The Kier molecular flexibility index (Phi) is 4.61. The quantitative estimate of drug-likeness (QED) is 0.521. The molecule has 0 radical (unpaired) electrons. The first kappa shape index (κ1) is 7.66. The molecule has 0 aromatic rings. The number of hydrogen-bond acceptors (Lipinski definition) is 2. The minimum atomic E-state index is -0.387. The molecule has 0 rings (SSSR count). The van der Waals surface area contributed by atoms with Crippen molar-refractivity contribution in [3.63, 3.8) is 0 Å². The van der Waals surface area contributed by atoms with Crippen molar-refractivity contribution in [2.75, 3.05) is 6.61 Å². The lowest BCUT2D eigenvalue weighted by atomic mass is 10.3. The number of aliphatic hydroxyl groups is 2. The van der Waals surface area contributed by atoms with E-state index < -0.39 is 0 Å². The maximum absolute atomic E-state index is 8.61. The second-order valence-corrected chi connectivity index (χ2v) is 1.68. The second kappa shape index (κ2) is 4.81. The van der Waals surface area contributed by atoms with E-state index in [-0.39, 0.29) is 12.7 Å². The Bertz CT molecular complexity index is 66.9. The van der Waals surface area contributed by atoms with Gasteiger partial charge in [-0.25, -0.2) is 0 Å². The van der Waals surface area contributed by atoms with Gasteiger partial charge in [-0.05, 0) is 13.3 Å². The average Bonchev–Trinajstić information content (AvgIpc) is 1.66. The first-order chi connectivity index (χ1) is 3.77. The molecule has 0 amide bonds. The summed E-state index contributed by atoms with van der Waals surface area (Å²) in [4.78, 5) is 0. The first-order valence-electron chi connectivity index (χ1n) is 2.73. The van der Waals surface area contributed by atoms with Crippen LogP contribution in [0.1, 0.15) is 13.3 Å². The van der Waals surface area contributed by atoms with E-state index in [0.29, 0.717) is 6.42 Å². The predicted molar refractivity (Wildman–Crippen MR) is 32.5 cm³/mol. The summed E-state index contributed by atoms with van der Waals surface area (Å²) in [6.45, 7) is 1.83. The average molecular weight is 116 g/mol. The zero-order valence-electron chi connectivity index (χ0n) is 5.04. The lowest BCUT2D eigenvalue weighted by molar-refractivity contribution is 0.243. The molecule has 1 unspecified atom stereocenters. The van der Waals surface area contributed by atoms with E-state index in [4.69, 9.17) is 10.2 Å². The second-order valence-electron chi connectivity index (χ2n) is 1.68. The van der Waals surface area contributed by atoms with Crippen LogP contribution in [0.2, 0.25) is 0 Å². The summed E-state index contributed by atoms with van der Waals surface area (Å²) in [6, 6.07) is 0. The van der Waals surface area contributed by atoms with E-state index in [1.165, 1.54) is 0 Å². The van der Waals surface area contributed by atoms with Gasteiger partial charge in [0.2, 0.25) is 0 Å². The molecule has 8 heavy (non-hydrogen) atoms. The number of hydrogen-bond donors (Lipinski definition) is 2. The van der Waals surface area contributed by atoms with Crippen molar-refractivity contribution in [1.82, 2.24) is 0 Å². The third-order valence-corrected chi connectivity index (χ3v) is 0.710. The van der Waals surface area contributed by atoms with Gasteiger partial charge in [0.15, 0.2) is 0 Å².